The van der Waals surface area contributed by atoms with E-state index in [1.54, 1.807) is 4.90 Å². The summed E-state index contributed by atoms with van der Waals surface area (Å²) in [5.41, 5.74) is 0. The molecule has 0 aliphatic carbocycles. The number of halogens is 1. The number of primary sulfonamides is 1. The van der Waals surface area contributed by atoms with Gasteiger partial charge in [0.15, 0.2) is 5.76 Å². The monoisotopic (exact) mass is 320 g/mol. The van der Waals surface area contributed by atoms with Gasteiger partial charge in [-0.1, -0.05) is 13.8 Å². The van der Waals surface area contributed by atoms with Crippen molar-refractivity contribution < 1.29 is 17.6 Å². The molecular weight excluding hydrogens is 304 g/mol. The number of nitrogens with two attached hydrogens (primary N) is 1. The van der Waals surface area contributed by atoms with E-state index in [-0.39, 0.29) is 27.8 Å². The second kappa shape index (κ2) is 5.38. The van der Waals surface area contributed by atoms with E-state index in [0.29, 0.717) is 12.5 Å². The van der Waals surface area contributed by atoms with Gasteiger partial charge in [0.2, 0.25) is 15.2 Å². The van der Waals surface area contributed by atoms with Crippen molar-refractivity contribution in [2.45, 2.75) is 37.6 Å². The van der Waals surface area contributed by atoms with Crippen LogP contribution in [-0.2, 0) is 10.0 Å². The number of hydrogen-bond acceptors (Lipinski definition) is 4. The molecule has 1 fully saturated rings. The highest BCUT2D eigenvalue weighted by Crippen LogP contribution is 2.30. The zero-order valence-electron chi connectivity index (χ0n) is 11.3. The molecule has 0 radical (unpaired) electrons. The maximum atomic E-state index is 12.4. The molecule has 1 aliphatic heterocycles. The van der Waals surface area contributed by atoms with Crippen LogP contribution in [0.2, 0.25) is 5.22 Å². The third-order valence-corrected chi connectivity index (χ3v) is 5.04. The van der Waals surface area contributed by atoms with Gasteiger partial charge in [-0.05, 0) is 30.4 Å². The first-order chi connectivity index (χ1) is 9.25. The summed E-state index contributed by atoms with van der Waals surface area (Å²) >= 11 is 5.68. The minimum atomic E-state index is -4.00. The Morgan fingerprint density at radius 1 is 1.60 bits per heavy atom. The molecule has 112 valence electrons. The Kier molecular flexibility index (Phi) is 4.13. The summed E-state index contributed by atoms with van der Waals surface area (Å²) in [4.78, 5) is 13.7. The first-order valence-corrected chi connectivity index (χ1v) is 8.31. The lowest BCUT2D eigenvalue weighted by Crippen LogP contribution is -2.36. The largest absolute Gasteiger partial charge is 0.438 e. The van der Waals surface area contributed by atoms with Crippen molar-refractivity contribution >= 4 is 27.5 Å². The van der Waals surface area contributed by atoms with Crippen LogP contribution in [0.3, 0.4) is 0 Å². The Hall–Kier alpha value is -1.05. The van der Waals surface area contributed by atoms with Gasteiger partial charge in [0.1, 0.15) is 4.90 Å². The molecule has 2 rings (SSSR count). The SMILES string of the molecule is CCC1C(C)CCN1C(=O)c1cc(S(N)(=O)=O)c(Cl)o1. The normalized spacial score (nSPS) is 23.3. The Morgan fingerprint density at radius 3 is 2.75 bits per heavy atom. The van der Waals surface area contributed by atoms with Gasteiger partial charge in [-0.3, -0.25) is 4.79 Å². The van der Waals surface area contributed by atoms with Crippen molar-refractivity contribution in [2.24, 2.45) is 11.1 Å². The van der Waals surface area contributed by atoms with E-state index in [2.05, 4.69) is 6.92 Å². The first kappa shape index (κ1) is 15.3. The molecule has 1 amide bonds. The van der Waals surface area contributed by atoms with E-state index in [0.717, 1.165) is 18.9 Å². The van der Waals surface area contributed by atoms with Gasteiger partial charge < -0.3 is 9.32 Å². The predicted octanol–water partition coefficient (Wildman–Crippen LogP) is 1.84. The van der Waals surface area contributed by atoms with Gasteiger partial charge in [-0.25, -0.2) is 13.6 Å². The van der Waals surface area contributed by atoms with Gasteiger partial charge in [0.05, 0.1) is 0 Å². The van der Waals surface area contributed by atoms with E-state index in [4.69, 9.17) is 21.2 Å². The number of furan rings is 1. The molecule has 2 N–H and O–H groups in total. The van der Waals surface area contributed by atoms with Crippen LogP contribution >= 0.6 is 11.6 Å². The highest BCUT2D eigenvalue weighted by Gasteiger charge is 2.35. The van der Waals surface area contributed by atoms with Crippen LogP contribution < -0.4 is 5.14 Å². The first-order valence-electron chi connectivity index (χ1n) is 6.38. The van der Waals surface area contributed by atoms with Crippen LogP contribution in [0, 0.1) is 5.92 Å². The van der Waals surface area contributed by atoms with Crippen molar-refractivity contribution in [2.75, 3.05) is 6.54 Å². The summed E-state index contributed by atoms with van der Waals surface area (Å²) in [6.45, 7) is 4.73. The van der Waals surface area contributed by atoms with E-state index < -0.39 is 10.0 Å². The number of amides is 1. The lowest BCUT2D eigenvalue weighted by atomic mass is 10.0. The second-order valence-electron chi connectivity index (χ2n) is 5.03. The molecule has 2 unspecified atom stereocenters. The molecule has 0 saturated carbocycles. The third-order valence-electron chi connectivity index (χ3n) is 3.73. The number of sulfonamides is 1. The number of nitrogens with zero attached hydrogens (tertiary/aromatic N) is 1. The molecule has 1 saturated heterocycles. The van der Waals surface area contributed by atoms with Crippen LogP contribution in [-0.4, -0.2) is 31.8 Å². The minimum Gasteiger partial charge on any atom is -0.438 e. The average molecular weight is 321 g/mol. The number of rotatable bonds is 3. The molecule has 20 heavy (non-hydrogen) atoms. The maximum absolute atomic E-state index is 12.4. The summed E-state index contributed by atoms with van der Waals surface area (Å²) in [5, 5.41) is 4.62. The Balaban J connectivity index is 2.31. The van der Waals surface area contributed by atoms with Crippen molar-refractivity contribution in [3.05, 3.63) is 17.0 Å². The third kappa shape index (κ3) is 2.70. The van der Waals surface area contributed by atoms with E-state index in [9.17, 15) is 13.2 Å². The van der Waals surface area contributed by atoms with Crippen molar-refractivity contribution in [1.29, 1.82) is 0 Å². The molecular formula is C12H17ClN2O4S. The zero-order chi connectivity index (χ0) is 15.1. The fraction of sp³-hybridized carbons (Fsp3) is 0.583. The van der Waals surface area contributed by atoms with Gasteiger partial charge in [-0.2, -0.15) is 0 Å². The highest BCUT2D eigenvalue weighted by atomic mass is 35.5. The van der Waals surface area contributed by atoms with Crippen LogP contribution in [0.25, 0.3) is 0 Å². The van der Waals surface area contributed by atoms with Gasteiger partial charge in [0, 0.05) is 18.7 Å². The lowest BCUT2D eigenvalue weighted by Gasteiger charge is -2.24. The number of carbonyl (C=O) groups is 1. The number of likely N-dealkylation sites (tertiary alicyclic amines) is 1. The molecule has 2 heterocycles. The lowest BCUT2D eigenvalue weighted by molar-refractivity contribution is 0.0686. The topological polar surface area (TPSA) is 93.6 Å². The molecule has 1 aromatic heterocycles. The molecule has 8 heteroatoms. The summed E-state index contributed by atoms with van der Waals surface area (Å²) in [7, 11) is -4.00. The fourth-order valence-electron chi connectivity index (χ4n) is 2.68. The second-order valence-corrected chi connectivity index (χ2v) is 6.91. The number of carbonyl (C=O) groups excluding carboxylic acids is 1. The average Bonchev–Trinajstić information content (AvgIpc) is 2.91. The van der Waals surface area contributed by atoms with Gasteiger partial charge in [-0.15, -0.1) is 0 Å². The Bertz CT molecular complexity index is 625. The molecule has 1 aliphatic rings. The van der Waals surface area contributed by atoms with Gasteiger partial charge in [0.25, 0.3) is 5.91 Å². The smallest absolute Gasteiger partial charge is 0.289 e. The zero-order valence-corrected chi connectivity index (χ0v) is 12.9. The van der Waals surface area contributed by atoms with Crippen molar-refractivity contribution in [3.8, 4) is 0 Å². The summed E-state index contributed by atoms with van der Waals surface area (Å²) in [6.07, 6.45) is 1.75. The Labute approximate surface area is 122 Å². The van der Waals surface area contributed by atoms with Crippen molar-refractivity contribution in [1.82, 2.24) is 4.90 Å². The molecule has 6 nitrogen and oxygen atoms in total. The molecule has 0 aromatic carbocycles. The molecule has 0 bridgehead atoms. The standard InChI is InChI=1S/C12H17ClN2O4S/c1-3-8-7(2)4-5-15(8)12(16)9-6-10(11(13)19-9)20(14,17)18/h6-8H,3-5H2,1-2H3,(H2,14,17,18). The molecule has 1 aromatic rings. The van der Waals surface area contributed by atoms with Gasteiger partial charge >= 0.3 is 0 Å². The van der Waals surface area contributed by atoms with E-state index in [1.807, 2.05) is 6.92 Å². The van der Waals surface area contributed by atoms with Crippen molar-refractivity contribution in [3.63, 3.8) is 0 Å². The maximum Gasteiger partial charge on any atom is 0.289 e. The summed E-state index contributed by atoms with van der Waals surface area (Å²) in [5.74, 6) is -0.0309. The minimum absolute atomic E-state index is 0.0911. The summed E-state index contributed by atoms with van der Waals surface area (Å²) in [6, 6.07) is 1.22. The molecule has 0 spiro atoms. The van der Waals surface area contributed by atoms with Crippen LogP contribution in [0.15, 0.2) is 15.4 Å². The van der Waals surface area contributed by atoms with Crippen LogP contribution in [0.1, 0.15) is 37.2 Å². The highest BCUT2D eigenvalue weighted by molar-refractivity contribution is 7.89. The quantitative estimate of drug-likeness (QED) is 0.919. The number of hydrogen-bond donors (Lipinski definition) is 1. The van der Waals surface area contributed by atoms with E-state index in [1.165, 1.54) is 0 Å². The van der Waals surface area contributed by atoms with Crippen LogP contribution in [0.4, 0.5) is 0 Å². The van der Waals surface area contributed by atoms with Crippen LogP contribution in [0.5, 0.6) is 0 Å². The predicted molar refractivity (Wildman–Crippen MR) is 74.0 cm³/mol. The Morgan fingerprint density at radius 2 is 2.25 bits per heavy atom. The molecule has 2 atom stereocenters. The fourth-order valence-corrected chi connectivity index (χ4v) is 3.67. The summed E-state index contributed by atoms with van der Waals surface area (Å²) < 4.78 is 27.6. The van der Waals surface area contributed by atoms with E-state index >= 15 is 0 Å².